The molecule has 0 aliphatic rings. The summed E-state index contributed by atoms with van der Waals surface area (Å²) in [5, 5.41) is 11.0. The number of pyridine rings is 2. The minimum Gasteiger partial charge on any atom is -0.291 e. The molecule has 0 spiro atoms. The largest absolute Gasteiger partial charge is 0.291 e. The first-order valence-corrected chi connectivity index (χ1v) is 17.0. The number of aromatic nitrogens is 3. The molecule has 4 aromatic heterocycles. The highest BCUT2D eigenvalue weighted by Gasteiger charge is 2.19. The molecule has 0 fully saturated rings. The Kier molecular flexibility index (Phi) is 5.26. The zero-order valence-electron chi connectivity index (χ0n) is 25.7. The van der Waals surface area contributed by atoms with E-state index in [9.17, 15) is 0 Å². The van der Waals surface area contributed by atoms with Crippen molar-refractivity contribution in [2.45, 2.75) is 0 Å². The van der Waals surface area contributed by atoms with Crippen LogP contribution in [0.2, 0.25) is 0 Å². The second-order valence-corrected chi connectivity index (χ2v) is 13.7. The summed E-state index contributed by atoms with van der Waals surface area (Å²) in [4.78, 5) is 10.2. The van der Waals surface area contributed by atoms with Crippen molar-refractivity contribution in [1.82, 2.24) is 14.4 Å². The molecule has 0 atom stereocenters. The van der Waals surface area contributed by atoms with Gasteiger partial charge in [0.05, 0.1) is 26.9 Å². The second-order valence-electron chi connectivity index (χ2n) is 12.6. The van der Waals surface area contributed by atoms with E-state index in [0.717, 1.165) is 44.4 Å². The van der Waals surface area contributed by atoms with Gasteiger partial charge in [-0.15, -0.1) is 11.3 Å². The molecule has 0 aliphatic carbocycles. The Morgan fingerprint density at radius 2 is 1.21 bits per heavy atom. The fourth-order valence-corrected chi connectivity index (χ4v) is 8.77. The van der Waals surface area contributed by atoms with Crippen LogP contribution in [-0.2, 0) is 0 Å². The van der Waals surface area contributed by atoms with Gasteiger partial charge in [-0.1, -0.05) is 109 Å². The molecule has 0 N–H and O–H groups in total. The van der Waals surface area contributed by atoms with Gasteiger partial charge in [0.1, 0.15) is 0 Å². The number of hydrogen-bond donors (Lipinski definition) is 0. The zero-order valence-corrected chi connectivity index (χ0v) is 26.5. The monoisotopic (exact) mass is 627 g/mol. The number of nitrogens with zero attached hydrogens (tertiary/aromatic N) is 3. The van der Waals surface area contributed by atoms with Crippen LogP contribution < -0.4 is 0 Å². The fourth-order valence-electron chi connectivity index (χ4n) is 7.61. The molecule has 4 heterocycles. The van der Waals surface area contributed by atoms with E-state index >= 15 is 0 Å². The predicted octanol–water partition coefficient (Wildman–Crippen LogP) is 12.2. The summed E-state index contributed by atoms with van der Waals surface area (Å²) < 4.78 is 4.88. The number of hydrogen-bond acceptors (Lipinski definition) is 3. The van der Waals surface area contributed by atoms with Crippen LogP contribution in [0.3, 0.4) is 0 Å². The molecule has 222 valence electrons. The summed E-state index contributed by atoms with van der Waals surface area (Å²) in [5.41, 5.74) is 8.81. The van der Waals surface area contributed by atoms with E-state index in [1.54, 1.807) is 0 Å². The maximum absolute atomic E-state index is 5.44. The van der Waals surface area contributed by atoms with Crippen LogP contribution in [0, 0.1) is 0 Å². The van der Waals surface area contributed by atoms with Crippen LogP contribution in [0.4, 0.5) is 0 Å². The lowest BCUT2D eigenvalue weighted by Gasteiger charge is -2.11. The van der Waals surface area contributed by atoms with Crippen LogP contribution in [0.5, 0.6) is 0 Å². The molecule has 11 aromatic rings. The Bertz CT molecular complexity index is 3110. The van der Waals surface area contributed by atoms with Crippen LogP contribution in [0.25, 0.3) is 102 Å². The first-order valence-electron chi connectivity index (χ1n) is 16.2. The molecule has 0 saturated carbocycles. The molecule has 0 aliphatic heterocycles. The number of thiophene rings is 1. The summed E-state index contributed by atoms with van der Waals surface area (Å²) in [5.74, 6) is 0. The molecule has 11 rings (SSSR count). The van der Waals surface area contributed by atoms with E-state index in [4.69, 9.17) is 9.97 Å². The van der Waals surface area contributed by atoms with Gasteiger partial charge >= 0.3 is 0 Å². The van der Waals surface area contributed by atoms with Gasteiger partial charge in [-0.2, -0.15) is 0 Å². The van der Waals surface area contributed by atoms with Gasteiger partial charge in [0.25, 0.3) is 0 Å². The van der Waals surface area contributed by atoms with Crippen molar-refractivity contribution < 1.29 is 0 Å². The van der Waals surface area contributed by atoms with Gasteiger partial charge in [0, 0.05) is 37.8 Å². The number of rotatable bonds is 2. The SMILES string of the molecule is c1ccc2cc3c(ccc4c3nc3c5sc6ccccc6c5cc(-c5ccc(-c6ccc7c(c6)ncc6ccccc67)cc5)n43)cc2c1. The van der Waals surface area contributed by atoms with Crippen molar-refractivity contribution in [3.8, 4) is 22.4 Å². The quantitative estimate of drug-likeness (QED) is 0.141. The Hall–Kier alpha value is -6.10. The molecule has 0 amide bonds. The average molecular weight is 628 g/mol. The minimum absolute atomic E-state index is 1.01. The van der Waals surface area contributed by atoms with Crippen molar-refractivity contribution in [2.75, 3.05) is 0 Å². The van der Waals surface area contributed by atoms with E-state index in [2.05, 4.69) is 150 Å². The average Bonchev–Trinajstić information content (AvgIpc) is 3.73. The molecular formula is C44H25N3S. The third kappa shape index (κ3) is 3.69. The van der Waals surface area contributed by atoms with Crippen molar-refractivity contribution >= 4 is 91.4 Å². The Balaban J connectivity index is 1.14. The lowest BCUT2D eigenvalue weighted by molar-refractivity contribution is 1.25. The number of benzene rings is 7. The highest BCUT2D eigenvalue weighted by molar-refractivity contribution is 7.26. The summed E-state index contributed by atoms with van der Waals surface area (Å²) in [7, 11) is 0. The molecule has 4 heteroatoms. The second kappa shape index (κ2) is 9.71. The molecule has 3 nitrogen and oxygen atoms in total. The minimum atomic E-state index is 1.01. The normalized spacial score (nSPS) is 12.2. The third-order valence-corrected chi connectivity index (χ3v) is 11.2. The summed E-state index contributed by atoms with van der Waals surface area (Å²) in [6.45, 7) is 0. The van der Waals surface area contributed by atoms with Crippen LogP contribution in [0.15, 0.2) is 152 Å². The lowest BCUT2D eigenvalue weighted by atomic mass is 9.99. The Labute approximate surface area is 279 Å². The summed E-state index contributed by atoms with van der Waals surface area (Å²) >= 11 is 1.83. The van der Waals surface area contributed by atoms with Gasteiger partial charge in [0.2, 0.25) is 0 Å². The van der Waals surface area contributed by atoms with Gasteiger partial charge < -0.3 is 0 Å². The summed E-state index contributed by atoms with van der Waals surface area (Å²) in [6, 6.07) is 52.8. The number of fused-ring (bicyclic) bond motifs is 13. The molecule has 0 bridgehead atoms. The Morgan fingerprint density at radius 3 is 2.08 bits per heavy atom. The fraction of sp³-hybridized carbons (Fsp3) is 0. The van der Waals surface area contributed by atoms with Gasteiger partial charge in [-0.3, -0.25) is 9.38 Å². The van der Waals surface area contributed by atoms with E-state index in [-0.39, 0.29) is 0 Å². The molecule has 48 heavy (non-hydrogen) atoms. The van der Waals surface area contributed by atoms with Crippen molar-refractivity contribution in [1.29, 1.82) is 0 Å². The van der Waals surface area contributed by atoms with Crippen molar-refractivity contribution in [3.63, 3.8) is 0 Å². The molecule has 0 saturated heterocycles. The first kappa shape index (κ1) is 26.0. The van der Waals surface area contributed by atoms with Crippen LogP contribution >= 0.6 is 11.3 Å². The predicted molar refractivity (Wildman–Crippen MR) is 204 cm³/mol. The third-order valence-electron chi connectivity index (χ3n) is 9.97. The van der Waals surface area contributed by atoms with Crippen molar-refractivity contribution in [3.05, 3.63) is 152 Å². The highest BCUT2D eigenvalue weighted by Crippen LogP contribution is 2.42. The molecular weight excluding hydrogens is 603 g/mol. The van der Waals surface area contributed by atoms with E-state index in [1.165, 1.54) is 58.1 Å². The van der Waals surface area contributed by atoms with E-state index < -0.39 is 0 Å². The number of imidazole rings is 1. The van der Waals surface area contributed by atoms with E-state index in [1.807, 2.05) is 17.5 Å². The molecule has 0 radical (unpaired) electrons. The standard InChI is InChI=1S/C44H25N3S/c1-2-8-29-22-36-31(21-28(29)7-1)18-20-39-42(36)46-44-43-37(35-11-5-6-12-41(35)48-43)24-40(47(39)44)27-15-13-26(14-16-27)30-17-19-34-33-10-4-3-9-32(33)25-45-38(34)23-30/h1-25H. The lowest BCUT2D eigenvalue weighted by Crippen LogP contribution is -1.93. The topological polar surface area (TPSA) is 30.2 Å². The maximum Gasteiger partial charge on any atom is 0.156 e. The van der Waals surface area contributed by atoms with Crippen LogP contribution in [-0.4, -0.2) is 14.4 Å². The highest BCUT2D eigenvalue weighted by atomic mass is 32.1. The maximum atomic E-state index is 5.44. The smallest absolute Gasteiger partial charge is 0.156 e. The zero-order chi connectivity index (χ0) is 31.3. The van der Waals surface area contributed by atoms with Gasteiger partial charge in [0.15, 0.2) is 5.65 Å². The van der Waals surface area contributed by atoms with Crippen LogP contribution in [0.1, 0.15) is 0 Å². The van der Waals surface area contributed by atoms with Gasteiger partial charge in [-0.25, -0.2) is 4.98 Å². The molecule has 7 aromatic carbocycles. The van der Waals surface area contributed by atoms with E-state index in [0.29, 0.717) is 0 Å². The Morgan fingerprint density at radius 1 is 0.479 bits per heavy atom. The summed E-state index contributed by atoms with van der Waals surface area (Å²) in [6.07, 6.45) is 1.97. The first-order chi connectivity index (χ1) is 23.8. The van der Waals surface area contributed by atoms with Gasteiger partial charge in [-0.05, 0) is 74.6 Å². The van der Waals surface area contributed by atoms with Crippen molar-refractivity contribution in [2.24, 2.45) is 0 Å². The molecule has 0 unspecified atom stereocenters.